The van der Waals surface area contributed by atoms with Crippen molar-refractivity contribution in [3.63, 3.8) is 0 Å². The number of nitrogens with one attached hydrogen (secondary N) is 1. The Labute approximate surface area is 87.8 Å². The van der Waals surface area contributed by atoms with Gasteiger partial charge in [-0.2, -0.15) is 0 Å². The van der Waals surface area contributed by atoms with Gasteiger partial charge >= 0.3 is 11.9 Å². The van der Waals surface area contributed by atoms with Crippen LogP contribution < -0.4 is 10.8 Å². The molecule has 7 nitrogen and oxygen atoms in total. The van der Waals surface area contributed by atoms with Crippen LogP contribution in [0.4, 0.5) is 0 Å². The number of esters is 1. The number of hydrogen-bond donors (Lipinski definition) is 3. The summed E-state index contributed by atoms with van der Waals surface area (Å²) in [5, 5.41) is 10.8. The van der Waals surface area contributed by atoms with Crippen molar-refractivity contribution >= 4 is 19.9 Å². The van der Waals surface area contributed by atoms with Crippen LogP contribution in [-0.2, 0) is 18.9 Å². The van der Waals surface area contributed by atoms with Gasteiger partial charge in [0.2, 0.25) is 0 Å². The van der Waals surface area contributed by atoms with E-state index in [0.29, 0.717) is 0 Å². The Kier molecular flexibility index (Phi) is 6.15. The Morgan fingerprint density at radius 2 is 2.13 bits per heavy atom. The summed E-state index contributed by atoms with van der Waals surface area (Å²) < 4.78 is 15.8. The molecule has 0 aliphatic rings. The van der Waals surface area contributed by atoms with Gasteiger partial charge in [0.05, 0.1) is 19.3 Å². The molecule has 0 heterocycles. The Morgan fingerprint density at radius 1 is 1.60 bits per heavy atom. The molecule has 15 heavy (non-hydrogen) atoms. The van der Waals surface area contributed by atoms with E-state index < -0.39 is 38.1 Å². The smallest absolute Gasteiger partial charge is 0.322 e. The van der Waals surface area contributed by atoms with Gasteiger partial charge in [-0.1, -0.05) is 0 Å². The second-order valence-electron chi connectivity index (χ2n) is 2.96. The summed E-state index contributed by atoms with van der Waals surface area (Å²) in [4.78, 5) is 21.2. The Balaban J connectivity index is 4.12. The predicted molar refractivity (Wildman–Crippen MR) is 53.8 cm³/mol. The van der Waals surface area contributed by atoms with Crippen molar-refractivity contribution in [2.75, 3.05) is 7.11 Å². The van der Waals surface area contributed by atoms with E-state index in [1.165, 1.54) is 14.0 Å². The van der Waals surface area contributed by atoms with Crippen molar-refractivity contribution in [2.24, 2.45) is 5.73 Å². The SMILES string of the molecule is COC(=O)C(C)N[PH](=O)C(N)CC(=O)O. The second-order valence-corrected chi connectivity index (χ2v) is 4.72. The van der Waals surface area contributed by atoms with E-state index >= 15 is 0 Å². The number of methoxy groups -OCH3 is 1. The summed E-state index contributed by atoms with van der Waals surface area (Å²) in [7, 11) is -1.32. The molecule has 3 atom stereocenters. The molecular formula is C7H15N2O5P. The molecule has 0 aliphatic heterocycles. The normalized spacial score (nSPS) is 16.5. The maximum absolute atomic E-state index is 11.4. The minimum absolute atomic E-state index is 0.404. The predicted octanol–water partition coefficient (Wildman–Crippen LogP) is -0.628. The number of aliphatic carboxylic acids is 1. The van der Waals surface area contributed by atoms with Crippen LogP contribution >= 0.6 is 7.95 Å². The first-order chi connectivity index (χ1) is 6.88. The van der Waals surface area contributed by atoms with Crippen molar-refractivity contribution in [1.82, 2.24) is 5.09 Å². The van der Waals surface area contributed by atoms with E-state index in [1.54, 1.807) is 0 Å². The highest BCUT2D eigenvalue weighted by Gasteiger charge is 2.20. The zero-order valence-electron chi connectivity index (χ0n) is 8.52. The first-order valence-electron chi connectivity index (χ1n) is 4.24. The summed E-state index contributed by atoms with van der Waals surface area (Å²) in [5.74, 6) is -2.69. The van der Waals surface area contributed by atoms with Gasteiger partial charge < -0.3 is 20.1 Å². The van der Waals surface area contributed by atoms with Crippen LogP contribution in [0.15, 0.2) is 0 Å². The van der Waals surface area contributed by atoms with Crippen LogP contribution in [0.2, 0.25) is 0 Å². The molecule has 0 aromatic carbocycles. The Bertz CT molecular complexity index is 270. The van der Waals surface area contributed by atoms with Crippen LogP contribution in [-0.4, -0.2) is 36.0 Å². The monoisotopic (exact) mass is 238 g/mol. The Hall–Kier alpha value is -0.910. The minimum atomic E-state index is -2.52. The zero-order chi connectivity index (χ0) is 12.0. The molecule has 0 aromatic rings. The van der Waals surface area contributed by atoms with E-state index in [-0.39, 0.29) is 0 Å². The number of nitrogens with two attached hydrogens (primary N) is 1. The average molecular weight is 238 g/mol. The van der Waals surface area contributed by atoms with E-state index in [9.17, 15) is 14.2 Å². The zero-order valence-corrected chi connectivity index (χ0v) is 9.52. The van der Waals surface area contributed by atoms with Gasteiger partial charge in [0, 0.05) is 0 Å². The largest absolute Gasteiger partial charge is 0.481 e. The van der Waals surface area contributed by atoms with Crippen molar-refractivity contribution in [1.29, 1.82) is 0 Å². The summed E-state index contributed by atoms with van der Waals surface area (Å²) >= 11 is 0. The topological polar surface area (TPSA) is 119 Å². The van der Waals surface area contributed by atoms with Gasteiger partial charge in [-0.15, -0.1) is 0 Å². The van der Waals surface area contributed by atoms with E-state index in [4.69, 9.17) is 10.8 Å². The third-order valence-electron chi connectivity index (χ3n) is 1.64. The highest BCUT2D eigenvalue weighted by Crippen LogP contribution is 2.22. The van der Waals surface area contributed by atoms with E-state index in [0.717, 1.165) is 0 Å². The third-order valence-corrected chi connectivity index (χ3v) is 3.24. The molecule has 0 aliphatic carbocycles. The maximum Gasteiger partial charge on any atom is 0.322 e. The number of carboxylic acid groups (broad SMARTS) is 1. The standard InChI is InChI=1S/C7H15N2O5P/c1-4(7(12)14-2)9-15(13)5(8)3-6(10)11/h4-5,15H,3,8H2,1-2H3,(H,9,13)(H,10,11). The molecule has 0 saturated carbocycles. The Morgan fingerprint density at radius 3 is 2.53 bits per heavy atom. The van der Waals surface area contributed by atoms with E-state index in [1.807, 2.05) is 0 Å². The lowest BCUT2D eigenvalue weighted by atomic mass is 10.4. The molecule has 8 heteroatoms. The van der Waals surface area contributed by atoms with Crippen molar-refractivity contribution in [2.45, 2.75) is 25.2 Å². The van der Waals surface area contributed by atoms with Crippen LogP contribution in [0.25, 0.3) is 0 Å². The van der Waals surface area contributed by atoms with Gasteiger partial charge in [-0.25, -0.2) is 0 Å². The number of ether oxygens (including phenoxy) is 1. The van der Waals surface area contributed by atoms with Gasteiger partial charge in [-0.05, 0) is 6.92 Å². The number of carboxylic acids is 1. The average Bonchev–Trinajstić information content (AvgIpc) is 2.15. The fourth-order valence-corrected chi connectivity index (χ4v) is 1.96. The summed E-state index contributed by atoms with van der Waals surface area (Å²) in [5.41, 5.74) is 5.35. The van der Waals surface area contributed by atoms with Gasteiger partial charge in [-0.3, -0.25) is 14.7 Å². The van der Waals surface area contributed by atoms with Gasteiger partial charge in [0.15, 0.2) is 7.95 Å². The van der Waals surface area contributed by atoms with Gasteiger partial charge in [0.25, 0.3) is 0 Å². The molecule has 0 rings (SSSR count). The molecular weight excluding hydrogens is 223 g/mol. The molecule has 0 spiro atoms. The molecule has 3 unspecified atom stereocenters. The van der Waals surface area contributed by atoms with Gasteiger partial charge in [0.1, 0.15) is 6.04 Å². The molecule has 0 radical (unpaired) electrons. The highest BCUT2D eigenvalue weighted by molar-refractivity contribution is 7.43. The quantitative estimate of drug-likeness (QED) is 0.416. The van der Waals surface area contributed by atoms with Crippen LogP contribution in [0.3, 0.4) is 0 Å². The van der Waals surface area contributed by atoms with E-state index in [2.05, 4.69) is 9.82 Å². The molecule has 0 aromatic heterocycles. The van der Waals surface area contributed by atoms with Crippen LogP contribution in [0.5, 0.6) is 0 Å². The first kappa shape index (κ1) is 14.1. The lowest BCUT2D eigenvalue weighted by Gasteiger charge is -2.14. The third kappa shape index (κ3) is 5.51. The second kappa shape index (κ2) is 6.55. The minimum Gasteiger partial charge on any atom is -0.481 e. The number of carbonyl (C=O) groups excluding carboxylic acids is 1. The molecule has 88 valence electrons. The number of hydrogen-bond acceptors (Lipinski definition) is 5. The lowest BCUT2D eigenvalue weighted by Crippen LogP contribution is -2.34. The van der Waals surface area contributed by atoms with Crippen molar-refractivity contribution < 1.29 is 24.0 Å². The summed E-state index contributed by atoms with van der Waals surface area (Å²) in [6.45, 7) is 1.46. The van der Waals surface area contributed by atoms with Crippen molar-refractivity contribution in [3.05, 3.63) is 0 Å². The summed E-state index contributed by atoms with van der Waals surface area (Å²) in [6.07, 6.45) is -0.404. The van der Waals surface area contributed by atoms with Crippen molar-refractivity contribution in [3.8, 4) is 0 Å². The molecule has 0 saturated heterocycles. The maximum atomic E-state index is 11.4. The van der Waals surface area contributed by atoms with Crippen LogP contribution in [0, 0.1) is 0 Å². The number of rotatable bonds is 6. The summed E-state index contributed by atoms with van der Waals surface area (Å²) in [6, 6.07) is -0.763. The highest BCUT2D eigenvalue weighted by atomic mass is 31.1. The fourth-order valence-electron chi connectivity index (χ4n) is 0.837. The lowest BCUT2D eigenvalue weighted by molar-refractivity contribution is -0.142. The first-order valence-corrected chi connectivity index (χ1v) is 5.72. The molecule has 0 fully saturated rings. The molecule has 4 N–H and O–H groups in total. The molecule has 0 amide bonds. The number of carbonyl (C=O) groups is 2. The van der Waals surface area contributed by atoms with Crippen LogP contribution in [0.1, 0.15) is 13.3 Å². The fraction of sp³-hybridized carbons (Fsp3) is 0.714. The molecule has 0 bridgehead atoms.